The molecule has 0 bridgehead atoms. The third kappa shape index (κ3) is 3.13. The topological polar surface area (TPSA) is 45.8 Å². The van der Waals surface area contributed by atoms with Crippen molar-refractivity contribution in [1.82, 2.24) is 9.97 Å². The number of nitrogens with zero attached hydrogens (tertiary/aromatic N) is 1. The Balaban J connectivity index is 1.60. The van der Waals surface area contributed by atoms with Gasteiger partial charge >= 0.3 is 0 Å². The number of aromatic amines is 1. The Morgan fingerprint density at radius 3 is 2.71 bits per heavy atom. The number of hydrogen-bond acceptors (Lipinski definition) is 4. The lowest BCUT2D eigenvalue weighted by atomic mass is 10.1. The number of thioether (sulfide) groups is 1. The zero-order valence-corrected chi connectivity index (χ0v) is 14.4. The Bertz CT molecular complexity index is 1040. The van der Waals surface area contributed by atoms with Crippen LogP contribution in [0, 0.1) is 0 Å². The second-order valence-corrected chi connectivity index (χ2v) is 7.32. The molecule has 2 heterocycles. The molecule has 0 amide bonds. The number of rotatable bonds is 4. The molecule has 0 unspecified atom stereocenters. The molecule has 0 radical (unpaired) electrons. The van der Waals surface area contributed by atoms with E-state index in [0.29, 0.717) is 5.56 Å². The Hall–Kier alpha value is -2.37. The first-order valence-electron chi connectivity index (χ1n) is 7.54. The van der Waals surface area contributed by atoms with E-state index in [9.17, 15) is 4.79 Å². The molecule has 118 valence electrons. The van der Waals surface area contributed by atoms with Gasteiger partial charge in [0.25, 0.3) is 5.56 Å². The van der Waals surface area contributed by atoms with E-state index in [0.717, 1.165) is 27.4 Å². The molecular weight excluding hydrogens is 336 g/mol. The van der Waals surface area contributed by atoms with Gasteiger partial charge in [-0.3, -0.25) is 4.79 Å². The molecule has 2 aromatic carbocycles. The first-order chi connectivity index (χ1) is 11.8. The van der Waals surface area contributed by atoms with Gasteiger partial charge in [-0.05, 0) is 29.7 Å². The minimum Gasteiger partial charge on any atom is -0.321 e. The molecule has 0 spiro atoms. The highest BCUT2D eigenvalue weighted by Gasteiger charge is 2.10. The molecule has 1 N–H and O–H groups in total. The Labute approximate surface area is 147 Å². The summed E-state index contributed by atoms with van der Waals surface area (Å²) in [5, 5.41) is 3.99. The van der Waals surface area contributed by atoms with Gasteiger partial charge in [-0.15, -0.1) is 23.1 Å². The molecule has 0 aliphatic carbocycles. The highest BCUT2D eigenvalue weighted by atomic mass is 32.2. The molecule has 4 rings (SSSR count). The molecule has 3 nitrogen and oxygen atoms in total. The van der Waals surface area contributed by atoms with Crippen LogP contribution in [0.3, 0.4) is 0 Å². The summed E-state index contributed by atoms with van der Waals surface area (Å²) < 4.78 is 0. The molecule has 5 heteroatoms. The van der Waals surface area contributed by atoms with Crippen molar-refractivity contribution < 1.29 is 0 Å². The highest BCUT2D eigenvalue weighted by Crippen LogP contribution is 2.27. The summed E-state index contributed by atoms with van der Waals surface area (Å²) in [6.07, 6.45) is 0. The number of fused-ring (bicyclic) bond motifs is 1. The highest BCUT2D eigenvalue weighted by molar-refractivity contribution is 7.98. The van der Waals surface area contributed by atoms with E-state index in [-0.39, 0.29) is 5.56 Å². The maximum atomic E-state index is 12.3. The van der Waals surface area contributed by atoms with Crippen LogP contribution < -0.4 is 5.56 Å². The molecule has 0 fully saturated rings. The van der Waals surface area contributed by atoms with Crippen LogP contribution in [0.1, 0.15) is 5.01 Å². The summed E-state index contributed by atoms with van der Waals surface area (Å²) in [4.78, 5) is 21.1. The zero-order chi connectivity index (χ0) is 16.4. The van der Waals surface area contributed by atoms with E-state index >= 15 is 0 Å². The third-order valence-electron chi connectivity index (χ3n) is 3.69. The summed E-state index contributed by atoms with van der Waals surface area (Å²) in [5.74, 6) is 0.806. The van der Waals surface area contributed by atoms with E-state index in [1.807, 2.05) is 53.9 Å². The van der Waals surface area contributed by atoms with E-state index in [1.165, 1.54) is 4.90 Å². The first kappa shape index (κ1) is 15.2. The molecule has 4 aromatic rings. The van der Waals surface area contributed by atoms with Crippen LogP contribution in [0.2, 0.25) is 0 Å². The largest absolute Gasteiger partial charge is 0.321 e. The summed E-state index contributed by atoms with van der Waals surface area (Å²) >= 11 is 3.34. The molecule has 0 saturated heterocycles. The number of pyridine rings is 1. The predicted molar refractivity (Wildman–Crippen MR) is 102 cm³/mol. The van der Waals surface area contributed by atoms with E-state index < -0.39 is 0 Å². The maximum Gasteiger partial charge on any atom is 0.257 e. The summed E-state index contributed by atoms with van der Waals surface area (Å²) in [6, 6.07) is 20.0. The van der Waals surface area contributed by atoms with Gasteiger partial charge < -0.3 is 4.98 Å². The molecule has 2 aromatic heterocycles. The van der Waals surface area contributed by atoms with Crippen molar-refractivity contribution in [3.63, 3.8) is 0 Å². The van der Waals surface area contributed by atoms with Gasteiger partial charge in [0.15, 0.2) is 0 Å². The first-order valence-corrected chi connectivity index (χ1v) is 9.41. The van der Waals surface area contributed by atoms with Gasteiger partial charge in [0, 0.05) is 15.8 Å². The average Bonchev–Trinajstić information content (AvgIpc) is 3.09. The second kappa shape index (κ2) is 6.63. The molecule has 0 aliphatic heterocycles. The SMILES string of the molecule is O=c1[nH]c2ccccc2cc1-c1csc(CSc2ccccc2)n1. The number of hydrogen-bond donors (Lipinski definition) is 1. The molecule has 0 aliphatic rings. The average molecular weight is 350 g/mol. The van der Waals surface area contributed by atoms with Crippen molar-refractivity contribution in [2.24, 2.45) is 0 Å². The van der Waals surface area contributed by atoms with Crippen LogP contribution in [0.4, 0.5) is 0 Å². The fraction of sp³-hybridized carbons (Fsp3) is 0.0526. The summed E-state index contributed by atoms with van der Waals surface area (Å²) in [5.41, 5.74) is 2.12. The minimum atomic E-state index is -0.0961. The van der Waals surface area contributed by atoms with E-state index in [2.05, 4.69) is 22.1 Å². The molecule has 0 saturated carbocycles. The fourth-order valence-corrected chi connectivity index (χ4v) is 4.23. The zero-order valence-electron chi connectivity index (χ0n) is 12.7. The van der Waals surface area contributed by atoms with Gasteiger partial charge in [-0.2, -0.15) is 0 Å². The van der Waals surface area contributed by atoms with Crippen LogP contribution in [0.5, 0.6) is 0 Å². The van der Waals surface area contributed by atoms with Crippen LogP contribution in [-0.4, -0.2) is 9.97 Å². The molecule has 0 atom stereocenters. The standard InChI is InChI=1S/C19H14N2OS2/c22-19-15(10-13-6-4-5-9-16(13)21-19)17-11-24-18(20-17)12-23-14-7-2-1-3-8-14/h1-11H,12H2,(H,21,22). The van der Waals surface area contributed by atoms with Crippen molar-refractivity contribution in [2.45, 2.75) is 10.6 Å². The maximum absolute atomic E-state index is 12.3. The van der Waals surface area contributed by atoms with Crippen molar-refractivity contribution in [3.8, 4) is 11.3 Å². The van der Waals surface area contributed by atoms with Crippen LogP contribution in [0.25, 0.3) is 22.2 Å². The van der Waals surface area contributed by atoms with E-state index in [4.69, 9.17) is 0 Å². The van der Waals surface area contributed by atoms with Gasteiger partial charge in [0.05, 0.1) is 17.0 Å². The summed E-state index contributed by atoms with van der Waals surface area (Å²) in [6.45, 7) is 0. The number of aromatic nitrogens is 2. The quantitative estimate of drug-likeness (QED) is 0.530. The number of nitrogens with one attached hydrogen (secondary N) is 1. The van der Waals surface area contributed by atoms with Crippen LogP contribution >= 0.6 is 23.1 Å². The van der Waals surface area contributed by atoms with E-state index in [1.54, 1.807) is 23.1 Å². The Morgan fingerprint density at radius 1 is 1.04 bits per heavy atom. The second-order valence-electron chi connectivity index (χ2n) is 5.33. The Morgan fingerprint density at radius 2 is 1.83 bits per heavy atom. The minimum absolute atomic E-state index is 0.0961. The van der Waals surface area contributed by atoms with Gasteiger partial charge in [0.2, 0.25) is 0 Å². The van der Waals surface area contributed by atoms with Crippen molar-refractivity contribution in [1.29, 1.82) is 0 Å². The third-order valence-corrected chi connectivity index (χ3v) is 5.74. The summed E-state index contributed by atoms with van der Waals surface area (Å²) in [7, 11) is 0. The van der Waals surface area contributed by atoms with Crippen LogP contribution in [0.15, 0.2) is 75.7 Å². The number of H-pyrrole nitrogens is 1. The van der Waals surface area contributed by atoms with Gasteiger partial charge in [-0.1, -0.05) is 36.4 Å². The molecule has 24 heavy (non-hydrogen) atoms. The monoisotopic (exact) mass is 350 g/mol. The number of para-hydroxylation sites is 1. The van der Waals surface area contributed by atoms with Gasteiger partial charge in [-0.25, -0.2) is 4.98 Å². The number of thiazole rings is 1. The lowest BCUT2D eigenvalue weighted by molar-refractivity contribution is 1.24. The normalized spacial score (nSPS) is 11.0. The van der Waals surface area contributed by atoms with Crippen molar-refractivity contribution >= 4 is 34.0 Å². The molecular formula is C19H14N2OS2. The predicted octanol–water partition coefficient (Wildman–Crippen LogP) is 4.94. The van der Waals surface area contributed by atoms with Crippen molar-refractivity contribution in [2.75, 3.05) is 0 Å². The van der Waals surface area contributed by atoms with Crippen molar-refractivity contribution in [3.05, 3.63) is 81.4 Å². The van der Waals surface area contributed by atoms with Gasteiger partial charge in [0.1, 0.15) is 5.01 Å². The van der Waals surface area contributed by atoms with Crippen LogP contribution in [-0.2, 0) is 5.75 Å². The number of benzene rings is 2. The fourth-order valence-electron chi connectivity index (χ4n) is 2.50. The lowest BCUT2D eigenvalue weighted by Gasteiger charge is -2.01. The Kier molecular flexibility index (Phi) is 4.19. The smallest absolute Gasteiger partial charge is 0.257 e. The lowest BCUT2D eigenvalue weighted by Crippen LogP contribution is -2.08.